The molecule has 0 amide bonds. The van der Waals surface area contributed by atoms with Crippen molar-refractivity contribution in [3.8, 4) is 0 Å². The molecule has 4 aromatic rings. The van der Waals surface area contributed by atoms with Crippen LogP contribution in [-0.4, -0.2) is 41.1 Å². The highest BCUT2D eigenvalue weighted by atomic mass is 32.1. The molecule has 0 atom stereocenters. The molecule has 0 saturated carbocycles. The van der Waals surface area contributed by atoms with Crippen LogP contribution in [0.3, 0.4) is 0 Å². The van der Waals surface area contributed by atoms with Crippen molar-refractivity contribution in [3.63, 3.8) is 0 Å². The Balaban J connectivity index is 1.52. The van der Waals surface area contributed by atoms with E-state index < -0.39 is 0 Å². The van der Waals surface area contributed by atoms with E-state index in [1.165, 1.54) is 11.7 Å². The highest BCUT2D eigenvalue weighted by molar-refractivity contribution is 7.00. The van der Waals surface area contributed by atoms with Crippen molar-refractivity contribution in [1.82, 2.24) is 27.8 Å². The molecule has 3 aromatic heterocycles. The van der Waals surface area contributed by atoms with Gasteiger partial charge in [0, 0.05) is 32.5 Å². The van der Waals surface area contributed by atoms with Crippen LogP contribution in [-0.2, 0) is 18.3 Å². The van der Waals surface area contributed by atoms with Crippen molar-refractivity contribution >= 4 is 45.6 Å². The lowest BCUT2D eigenvalue weighted by molar-refractivity contribution is 0.0612. The molecule has 1 aromatic carbocycles. The summed E-state index contributed by atoms with van der Waals surface area (Å²) in [6.07, 6.45) is 3.62. The number of aryl methyl sites for hydroxylation is 2. The van der Waals surface area contributed by atoms with Crippen LogP contribution < -0.4 is 11.0 Å². The van der Waals surface area contributed by atoms with Gasteiger partial charge in [0.1, 0.15) is 16.6 Å². The topological polar surface area (TPSA) is 99.8 Å². The van der Waals surface area contributed by atoms with Gasteiger partial charge in [0.05, 0.1) is 17.9 Å². The normalized spacial score (nSPS) is 15.4. The van der Waals surface area contributed by atoms with E-state index in [9.17, 15) is 4.79 Å². The highest BCUT2D eigenvalue weighted by Gasteiger charge is 2.20. The van der Waals surface area contributed by atoms with Gasteiger partial charge in [0.25, 0.3) is 0 Å². The van der Waals surface area contributed by atoms with Crippen LogP contribution in [0.25, 0.3) is 22.2 Å². The van der Waals surface area contributed by atoms with E-state index in [-0.39, 0.29) is 5.69 Å². The summed E-state index contributed by atoms with van der Waals surface area (Å²) in [6.45, 7) is 4.15. The average molecular weight is 411 g/mol. The smallest absolute Gasteiger partial charge is 0.330 e. The van der Waals surface area contributed by atoms with Crippen molar-refractivity contribution in [3.05, 3.63) is 34.4 Å². The molecule has 0 radical (unpaired) electrons. The predicted octanol–water partition coefficient (Wildman–Crippen LogP) is 2.61. The Morgan fingerprint density at radius 1 is 1.24 bits per heavy atom. The lowest BCUT2D eigenvalue weighted by Gasteiger charge is -2.22. The zero-order valence-corrected chi connectivity index (χ0v) is 17.1. The Labute approximate surface area is 170 Å². The molecule has 9 nitrogen and oxygen atoms in total. The number of imidazole rings is 1. The van der Waals surface area contributed by atoms with E-state index >= 15 is 0 Å². The summed E-state index contributed by atoms with van der Waals surface area (Å²) in [5.74, 6) is 0.870. The van der Waals surface area contributed by atoms with Crippen LogP contribution in [0.5, 0.6) is 0 Å². The molecule has 1 aliphatic rings. The Hall–Kier alpha value is -2.85. The van der Waals surface area contributed by atoms with Gasteiger partial charge in [-0.1, -0.05) is 0 Å². The number of fused-ring (bicyclic) bond motifs is 2. The first-order valence-corrected chi connectivity index (χ1v) is 10.3. The van der Waals surface area contributed by atoms with Gasteiger partial charge >= 0.3 is 5.69 Å². The predicted molar refractivity (Wildman–Crippen MR) is 112 cm³/mol. The number of rotatable bonds is 4. The van der Waals surface area contributed by atoms with Crippen molar-refractivity contribution in [1.29, 1.82) is 0 Å². The molecule has 5 rings (SSSR count). The van der Waals surface area contributed by atoms with Crippen molar-refractivity contribution < 1.29 is 4.74 Å². The quantitative estimate of drug-likeness (QED) is 0.551. The zero-order chi connectivity index (χ0) is 20.0. The second-order valence-corrected chi connectivity index (χ2v) is 7.98. The molecular weight excluding hydrogens is 390 g/mol. The maximum Gasteiger partial charge on any atom is 0.330 e. The number of anilines is 2. The molecule has 0 bridgehead atoms. The molecule has 10 heteroatoms. The maximum absolute atomic E-state index is 12.8. The van der Waals surface area contributed by atoms with Gasteiger partial charge in [-0.05, 0) is 43.4 Å². The van der Waals surface area contributed by atoms with Gasteiger partial charge < -0.3 is 10.1 Å². The number of nitrogens with one attached hydrogen (secondary N) is 1. The van der Waals surface area contributed by atoms with Crippen molar-refractivity contribution in [2.24, 2.45) is 13.0 Å². The first-order chi connectivity index (χ1) is 14.1. The SMILES string of the molecule is Cc1cc2nsnc2cc1Nc1ncc2c(n1)n(CC1CCOCC1)c(=O)n2C. The van der Waals surface area contributed by atoms with E-state index in [0.717, 1.165) is 53.9 Å². The summed E-state index contributed by atoms with van der Waals surface area (Å²) >= 11 is 1.19. The largest absolute Gasteiger partial charge is 0.381 e. The minimum atomic E-state index is -0.0657. The van der Waals surface area contributed by atoms with Crippen LogP contribution in [0.2, 0.25) is 0 Å². The van der Waals surface area contributed by atoms with Crippen LogP contribution in [0.15, 0.2) is 23.1 Å². The lowest BCUT2D eigenvalue weighted by atomic mass is 10.0. The van der Waals surface area contributed by atoms with Crippen LogP contribution >= 0.6 is 11.7 Å². The van der Waals surface area contributed by atoms with Crippen LogP contribution in [0.4, 0.5) is 11.6 Å². The summed E-state index contributed by atoms with van der Waals surface area (Å²) in [4.78, 5) is 21.9. The lowest BCUT2D eigenvalue weighted by Crippen LogP contribution is -2.28. The summed E-state index contributed by atoms with van der Waals surface area (Å²) in [6, 6.07) is 3.94. The molecule has 0 unspecified atom stereocenters. The number of hydrogen-bond acceptors (Lipinski definition) is 8. The maximum atomic E-state index is 12.8. The zero-order valence-electron chi connectivity index (χ0n) is 16.3. The molecule has 0 aliphatic carbocycles. The Morgan fingerprint density at radius 3 is 2.79 bits per heavy atom. The molecule has 0 spiro atoms. The molecule has 1 fully saturated rings. The van der Waals surface area contributed by atoms with Crippen molar-refractivity contribution in [2.45, 2.75) is 26.3 Å². The second kappa shape index (κ2) is 7.20. The molecule has 4 heterocycles. The molecule has 29 heavy (non-hydrogen) atoms. The first-order valence-electron chi connectivity index (χ1n) is 9.60. The summed E-state index contributed by atoms with van der Waals surface area (Å²) in [5.41, 5.74) is 4.92. The number of ether oxygens (including phenoxy) is 1. The third-order valence-corrected chi connectivity index (χ3v) is 6.07. The molecular formula is C19H21N7O2S. The van der Waals surface area contributed by atoms with Gasteiger partial charge in [0.15, 0.2) is 5.65 Å². The van der Waals surface area contributed by atoms with Gasteiger partial charge in [-0.25, -0.2) is 9.78 Å². The fraction of sp³-hybridized carbons (Fsp3) is 0.421. The third-order valence-electron chi connectivity index (χ3n) is 5.51. The Bertz CT molecular complexity index is 1250. The van der Waals surface area contributed by atoms with Gasteiger partial charge in [-0.15, -0.1) is 0 Å². The summed E-state index contributed by atoms with van der Waals surface area (Å²) < 4.78 is 17.4. The molecule has 1 N–H and O–H groups in total. The summed E-state index contributed by atoms with van der Waals surface area (Å²) in [7, 11) is 1.76. The van der Waals surface area contributed by atoms with Gasteiger partial charge in [-0.2, -0.15) is 13.7 Å². The van der Waals surface area contributed by atoms with Crippen molar-refractivity contribution in [2.75, 3.05) is 18.5 Å². The monoisotopic (exact) mass is 411 g/mol. The second-order valence-electron chi connectivity index (χ2n) is 7.46. The molecule has 150 valence electrons. The number of hydrogen-bond donors (Lipinski definition) is 1. The number of nitrogens with zero attached hydrogens (tertiary/aromatic N) is 6. The Morgan fingerprint density at radius 2 is 2.00 bits per heavy atom. The standard InChI is InChI=1S/C19H21N7O2S/c1-11-7-14-15(24-29-23-14)8-13(11)21-18-20-9-16-17(22-18)26(19(27)25(16)2)10-12-3-5-28-6-4-12/h7-9,12H,3-6,10H2,1-2H3,(H,20,21,22). The van der Waals surface area contributed by atoms with Gasteiger partial charge in [0.2, 0.25) is 5.95 Å². The average Bonchev–Trinajstić information content (AvgIpc) is 3.27. The minimum Gasteiger partial charge on any atom is -0.381 e. The van der Waals surface area contributed by atoms with E-state index in [1.54, 1.807) is 22.4 Å². The van der Waals surface area contributed by atoms with Crippen LogP contribution in [0, 0.1) is 12.8 Å². The number of benzene rings is 1. The van der Waals surface area contributed by atoms with E-state index in [0.29, 0.717) is 24.1 Å². The Kier molecular flexibility index (Phi) is 4.51. The fourth-order valence-electron chi connectivity index (χ4n) is 3.78. The number of aromatic nitrogens is 6. The third kappa shape index (κ3) is 3.28. The molecule has 1 aliphatic heterocycles. The van der Waals surface area contributed by atoms with E-state index in [2.05, 4.69) is 24.0 Å². The molecule has 1 saturated heterocycles. The minimum absolute atomic E-state index is 0.0657. The highest BCUT2D eigenvalue weighted by Crippen LogP contribution is 2.25. The fourth-order valence-corrected chi connectivity index (χ4v) is 4.29. The first kappa shape index (κ1) is 18.2. The summed E-state index contributed by atoms with van der Waals surface area (Å²) in [5, 5.41) is 3.28. The van der Waals surface area contributed by atoms with E-state index in [4.69, 9.17) is 4.74 Å². The van der Waals surface area contributed by atoms with E-state index in [1.807, 2.05) is 19.1 Å². The van der Waals surface area contributed by atoms with Gasteiger partial charge in [-0.3, -0.25) is 9.13 Å². The van der Waals surface area contributed by atoms with Crippen LogP contribution in [0.1, 0.15) is 18.4 Å².